The normalized spacial score (nSPS) is 15.7. The van der Waals surface area contributed by atoms with Crippen molar-refractivity contribution in [3.05, 3.63) is 35.7 Å². The molecular weight excluding hydrogens is 282 g/mol. The number of rotatable bonds is 4. The van der Waals surface area contributed by atoms with Crippen LogP contribution < -0.4 is 4.74 Å². The molecule has 1 aliphatic carbocycles. The highest BCUT2D eigenvalue weighted by molar-refractivity contribution is 5.86. The van der Waals surface area contributed by atoms with Gasteiger partial charge in [0.15, 0.2) is 5.69 Å². The van der Waals surface area contributed by atoms with Crippen molar-refractivity contribution in [1.29, 1.82) is 0 Å². The zero-order chi connectivity index (χ0) is 15.5. The van der Waals surface area contributed by atoms with Gasteiger partial charge in [0.25, 0.3) is 0 Å². The average molecular weight is 301 g/mol. The van der Waals surface area contributed by atoms with Gasteiger partial charge >= 0.3 is 5.97 Å². The zero-order valence-corrected chi connectivity index (χ0v) is 12.5. The summed E-state index contributed by atoms with van der Waals surface area (Å²) in [4.78, 5) is 11.5. The second-order valence-corrected chi connectivity index (χ2v) is 5.57. The fourth-order valence-electron chi connectivity index (χ4n) is 3.10. The third-order valence-corrected chi connectivity index (χ3v) is 4.22. The molecule has 2 aromatic rings. The Labute approximate surface area is 128 Å². The van der Waals surface area contributed by atoms with Gasteiger partial charge in [-0.1, -0.05) is 24.5 Å². The molecule has 0 saturated heterocycles. The van der Waals surface area contributed by atoms with Gasteiger partial charge in [-0.05, 0) is 37.1 Å². The summed E-state index contributed by atoms with van der Waals surface area (Å²) in [7, 11) is 1.61. The Morgan fingerprint density at radius 1 is 1.23 bits per heavy atom. The molecule has 1 heterocycles. The summed E-state index contributed by atoms with van der Waals surface area (Å²) in [6.07, 6.45) is 5.44. The van der Waals surface area contributed by atoms with Crippen molar-refractivity contribution in [2.75, 3.05) is 7.11 Å². The first-order valence-corrected chi connectivity index (χ1v) is 7.54. The molecule has 1 aliphatic rings. The minimum absolute atomic E-state index is 0.0720. The fourth-order valence-corrected chi connectivity index (χ4v) is 3.10. The first-order chi connectivity index (χ1) is 10.7. The molecule has 116 valence electrons. The van der Waals surface area contributed by atoms with Gasteiger partial charge in [-0.2, -0.15) is 0 Å². The number of hydrogen-bond donors (Lipinski definition) is 1. The van der Waals surface area contributed by atoms with Crippen LogP contribution in [0.15, 0.2) is 24.3 Å². The molecule has 0 unspecified atom stereocenters. The number of aromatic nitrogens is 3. The summed E-state index contributed by atoms with van der Waals surface area (Å²) < 4.78 is 6.82. The van der Waals surface area contributed by atoms with Gasteiger partial charge in [-0.3, -0.25) is 0 Å². The predicted octanol–water partition coefficient (Wildman–Crippen LogP) is 3.02. The third-order valence-electron chi connectivity index (χ3n) is 4.22. The molecule has 1 saturated carbocycles. The standard InChI is InChI=1S/C16H19N3O3/c1-22-13-9-7-12(8-10-13)19-15(11-5-3-2-4-6-11)14(16(20)21)17-18-19/h7-11H,2-6H2,1H3,(H,20,21). The molecule has 1 fully saturated rings. The van der Waals surface area contributed by atoms with Gasteiger partial charge < -0.3 is 9.84 Å². The first kappa shape index (κ1) is 14.6. The number of benzene rings is 1. The highest BCUT2D eigenvalue weighted by Gasteiger charge is 2.28. The monoisotopic (exact) mass is 301 g/mol. The van der Waals surface area contributed by atoms with Crippen LogP contribution in [0.4, 0.5) is 0 Å². The Morgan fingerprint density at radius 2 is 1.91 bits per heavy atom. The summed E-state index contributed by atoms with van der Waals surface area (Å²) in [5.41, 5.74) is 1.60. The summed E-state index contributed by atoms with van der Waals surface area (Å²) in [5.74, 6) is -0.0566. The van der Waals surface area contributed by atoms with Crippen molar-refractivity contribution < 1.29 is 14.6 Å². The lowest BCUT2D eigenvalue weighted by atomic mass is 9.86. The molecule has 6 heteroatoms. The van der Waals surface area contributed by atoms with Crippen molar-refractivity contribution in [2.24, 2.45) is 0 Å². The lowest BCUT2D eigenvalue weighted by molar-refractivity contribution is 0.0688. The quantitative estimate of drug-likeness (QED) is 0.939. The van der Waals surface area contributed by atoms with Gasteiger partial charge in [-0.25, -0.2) is 9.48 Å². The third kappa shape index (κ3) is 2.68. The van der Waals surface area contributed by atoms with E-state index < -0.39 is 5.97 Å². The van der Waals surface area contributed by atoms with Crippen LogP contribution in [0.2, 0.25) is 0 Å². The molecule has 1 aromatic carbocycles. The summed E-state index contributed by atoms with van der Waals surface area (Å²) in [6, 6.07) is 7.40. The molecule has 1 N–H and O–H groups in total. The van der Waals surface area contributed by atoms with Crippen LogP contribution in [-0.4, -0.2) is 33.2 Å². The summed E-state index contributed by atoms with van der Waals surface area (Å²) in [5, 5.41) is 17.4. The van der Waals surface area contributed by atoms with Crippen LogP contribution in [0.1, 0.15) is 54.2 Å². The Bertz CT molecular complexity index is 658. The maximum atomic E-state index is 11.5. The van der Waals surface area contributed by atoms with E-state index in [1.165, 1.54) is 6.42 Å². The minimum Gasteiger partial charge on any atom is -0.497 e. The van der Waals surface area contributed by atoms with Crippen molar-refractivity contribution >= 4 is 5.97 Å². The second-order valence-electron chi connectivity index (χ2n) is 5.57. The molecule has 22 heavy (non-hydrogen) atoms. The Hall–Kier alpha value is -2.37. The average Bonchev–Trinajstić information content (AvgIpc) is 3.01. The van der Waals surface area contributed by atoms with Gasteiger partial charge in [0.05, 0.1) is 18.5 Å². The van der Waals surface area contributed by atoms with Crippen molar-refractivity contribution in [2.45, 2.75) is 38.0 Å². The number of hydrogen-bond acceptors (Lipinski definition) is 4. The van der Waals surface area contributed by atoms with Gasteiger partial charge in [0.2, 0.25) is 0 Å². The maximum Gasteiger partial charge on any atom is 0.358 e. The fraction of sp³-hybridized carbons (Fsp3) is 0.438. The van der Waals surface area contributed by atoms with Crippen LogP contribution in [0.5, 0.6) is 5.75 Å². The molecule has 0 spiro atoms. The second kappa shape index (κ2) is 6.17. The molecule has 1 aromatic heterocycles. The van der Waals surface area contributed by atoms with Gasteiger partial charge in [0, 0.05) is 5.92 Å². The molecule has 3 rings (SSSR count). The number of methoxy groups -OCH3 is 1. The number of carboxylic acids is 1. The number of nitrogens with zero attached hydrogens (tertiary/aromatic N) is 3. The largest absolute Gasteiger partial charge is 0.497 e. The Kier molecular flexibility index (Phi) is 4.09. The van der Waals surface area contributed by atoms with Crippen LogP contribution in [0, 0.1) is 0 Å². The number of carboxylic acid groups (broad SMARTS) is 1. The van der Waals surface area contributed by atoms with E-state index in [1.807, 2.05) is 24.3 Å². The van der Waals surface area contributed by atoms with E-state index in [0.29, 0.717) is 0 Å². The highest BCUT2D eigenvalue weighted by Crippen LogP contribution is 2.35. The van der Waals surface area contributed by atoms with Crippen LogP contribution in [-0.2, 0) is 0 Å². The van der Waals surface area contributed by atoms with Crippen molar-refractivity contribution in [3.63, 3.8) is 0 Å². The van der Waals surface area contributed by atoms with E-state index >= 15 is 0 Å². The topological polar surface area (TPSA) is 77.2 Å². The highest BCUT2D eigenvalue weighted by atomic mass is 16.5. The lowest BCUT2D eigenvalue weighted by Crippen LogP contribution is -2.14. The molecule has 0 atom stereocenters. The van der Waals surface area contributed by atoms with Crippen molar-refractivity contribution in [1.82, 2.24) is 15.0 Å². The maximum absolute atomic E-state index is 11.5. The molecule has 0 aliphatic heterocycles. The van der Waals surface area contributed by atoms with E-state index in [0.717, 1.165) is 42.8 Å². The molecular formula is C16H19N3O3. The summed E-state index contributed by atoms with van der Waals surface area (Å²) >= 11 is 0. The van der Waals surface area contributed by atoms with Gasteiger partial charge in [-0.15, -0.1) is 5.10 Å². The van der Waals surface area contributed by atoms with Crippen LogP contribution in [0.3, 0.4) is 0 Å². The Balaban J connectivity index is 2.04. The molecule has 0 bridgehead atoms. The predicted molar refractivity (Wildman–Crippen MR) is 80.7 cm³/mol. The summed E-state index contributed by atoms with van der Waals surface area (Å²) in [6.45, 7) is 0. The number of ether oxygens (including phenoxy) is 1. The zero-order valence-electron chi connectivity index (χ0n) is 12.5. The number of aromatic carboxylic acids is 1. The van der Waals surface area contributed by atoms with Crippen molar-refractivity contribution in [3.8, 4) is 11.4 Å². The van der Waals surface area contributed by atoms with E-state index in [-0.39, 0.29) is 11.6 Å². The number of carbonyl (C=O) groups is 1. The first-order valence-electron chi connectivity index (χ1n) is 7.54. The lowest BCUT2D eigenvalue weighted by Gasteiger charge is -2.22. The van der Waals surface area contributed by atoms with Crippen LogP contribution >= 0.6 is 0 Å². The van der Waals surface area contributed by atoms with E-state index in [2.05, 4.69) is 10.3 Å². The molecule has 6 nitrogen and oxygen atoms in total. The van der Waals surface area contributed by atoms with E-state index in [1.54, 1.807) is 11.8 Å². The Morgan fingerprint density at radius 3 is 2.50 bits per heavy atom. The minimum atomic E-state index is -1.01. The molecule has 0 amide bonds. The van der Waals surface area contributed by atoms with E-state index in [4.69, 9.17) is 4.74 Å². The van der Waals surface area contributed by atoms with Gasteiger partial charge in [0.1, 0.15) is 5.75 Å². The van der Waals surface area contributed by atoms with E-state index in [9.17, 15) is 9.90 Å². The molecule has 0 radical (unpaired) electrons. The SMILES string of the molecule is COc1ccc(-n2nnc(C(=O)O)c2C2CCCCC2)cc1. The smallest absolute Gasteiger partial charge is 0.358 e. The van der Waals surface area contributed by atoms with Crippen LogP contribution in [0.25, 0.3) is 5.69 Å².